The van der Waals surface area contributed by atoms with Crippen molar-refractivity contribution in [1.82, 2.24) is 15.2 Å². The fourth-order valence-electron chi connectivity index (χ4n) is 4.26. The molecule has 1 unspecified atom stereocenters. The van der Waals surface area contributed by atoms with Gasteiger partial charge in [-0.15, -0.1) is 13.2 Å². The van der Waals surface area contributed by atoms with Crippen LogP contribution in [0.15, 0.2) is 66.3 Å². The van der Waals surface area contributed by atoms with Crippen LogP contribution in [-0.4, -0.2) is 61.5 Å². The Bertz CT molecular complexity index is 1170. The molecule has 10 heteroatoms. The molecule has 1 atom stereocenters. The fourth-order valence-corrected chi connectivity index (χ4v) is 4.26. The highest BCUT2D eigenvalue weighted by Gasteiger charge is 2.31. The van der Waals surface area contributed by atoms with E-state index in [0.29, 0.717) is 11.4 Å². The molecule has 220 valence electrons. The lowest BCUT2D eigenvalue weighted by atomic mass is 10.1. The summed E-state index contributed by atoms with van der Waals surface area (Å²) in [4.78, 5) is 18.9. The molecule has 0 bridgehead atoms. The summed E-state index contributed by atoms with van der Waals surface area (Å²) >= 11 is 0. The number of rotatable bonds is 12. The highest BCUT2D eigenvalue weighted by molar-refractivity contribution is 5.94. The van der Waals surface area contributed by atoms with Gasteiger partial charge in [-0.05, 0) is 94.0 Å². The molecule has 2 aromatic rings. The number of nitrogens with one attached hydrogen (secondary N) is 2. The predicted octanol–water partition coefficient (Wildman–Crippen LogP) is 6.48. The smallest absolute Gasteiger partial charge is 0.493 e. The highest BCUT2D eigenvalue weighted by atomic mass is 19.4. The first-order valence-corrected chi connectivity index (χ1v) is 13.6. The third kappa shape index (κ3) is 11.4. The van der Waals surface area contributed by atoms with Crippen LogP contribution >= 0.6 is 0 Å². The maximum Gasteiger partial charge on any atom is 0.573 e. The van der Waals surface area contributed by atoms with Gasteiger partial charge < -0.3 is 20.1 Å². The Morgan fingerprint density at radius 1 is 1.10 bits per heavy atom. The average molecular weight is 563 g/mol. The van der Waals surface area contributed by atoms with E-state index in [0.717, 1.165) is 42.1 Å². The summed E-state index contributed by atoms with van der Waals surface area (Å²) in [6, 6.07) is 8.09. The van der Waals surface area contributed by atoms with Crippen molar-refractivity contribution >= 4 is 22.5 Å². The Labute approximate surface area is 235 Å². The van der Waals surface area contributed by atoms with Crippen LogP contribution in [0.2, 0.25) is 0 Å². The molecule has 2 N–H and O–H groups in total. The zero-order valence-electron chi connectivity index (χ0n) is 24.0. The topological polar surface area (TPSA) is 75.7 Å². The minimum atomic E-state index is -4.74. The minimum absolute atomic E-state index is 0.0889. The molecule has 1 amide bonds. The van der Waals surface area contributed by atoms with Gasteiger partial charge in [0.1, 0.15) is 11.5 Å². The molecule has 1 aromatic heterocycles. The molecule has 0 saturated carbocycles. The number of carbonyl (C=O) groups is 1. The molecule has 0 saturated heterocycles. The van der Waals surface area contributed by atoms with Gasteiger partial charge in [-0.1, -0.05) is 20.8 Å². The lowest BCUT2D eigenvalue weighted by molar-refractivity contribution is -0.303. The Morgan fingerprint density at radius 3 is 2.45 bits per heavy atom. The second kappa shape index (κ2) is 16.7. The van der Waals surface area contributed by atoms with E-state index >= 15 is 0 Å². The van der Waals surface area contributed by atoms with Crippen molar-refractivity contribution in [3.8, 4) is 0 Å². The van der Waals surface area contributed by atoms with Crippen LogP contribution in [0, 0.1) is 6.92 Å². The van der Waals surface area contributed by atoms with Gasteiger partial charge in [-0.2, -0.15) is 0 Å². The number of nitrogens with zero attached hydrogens (tertiary/aromatic N) is 2. The number of hydrogen-bond donors (Lipinski definition) is 2. The number of aryl methyl sites for hydroxylation is 1. The van der Waals surface area contributed by atoms with Gasteiger partial charge in [0, 0.05) is 29.9 Å². The van der Waals surface area contributed by atoms with Gasteiger partial charge in [-0.3, -0.25) is 14.7 Å². The van der Waals surface area contributed by atoms with Crippen molar-refractivity contribution in [2.24, 2.45) is 0 Å². The molecule has 0 radical (unpaired) electrons. The zero-order chi connectivity index (χ0) is 29.5. The van der Waals surface area contributed by atoms with Crippen LogP contribution in [-0.2, 0) is 14.3 Å². The van der Waals surface area contributed by atoms with E-state index in [1.807, 2.05) is 32.2 Å². The molecule has 1 heterocycles. The van der Waals surface area contributed by atoms with Crippen molar-refractivity contribution in [1.29, 1.82) is 0 Å². The van der Waals surface area contributed by atoms with Crippen LogP contribution in [0.5, 0.6) is 0 Å². The molecule has 7 nitrogen and oxygen atoms in total. The Hall–Kier alpha value is -3.37. The van der Waals surface area contributed by atoms with Crippen molar-refractivity contribution < 1.29 is 27.4 Å². The first-order chi connectivity index (χ1) is 19.1. The maximum atomic E-state index is 12.3. The number of ether oxygens (including phenoxy) is 2. The summed E-state index contributed by atoms with van der Waals surface area (Å²) in [5, 5.41) is 6.99. The monoisotopic (exact) mass is 562 g/mol. The molecular formula is C30H41F3N4O3. The quantitative estimate of drug-likeness (QED) is 0.309. The molecular weight excluding hydrogens is 521 g/mol. The van der Waals surface area contributed by atoms with E-state index in [-0.39, 0.29) is 31.1 Å². The van der Waals surface area contributed by atoms with Gasteiger partial charge in [0.15, 0.2) is 0 Å². The number of allylic oxidation sites excluding steroid dienone is 4. The van der Waals surface area contributed by atoms with Gasteiger partial charge in [0.05, 0.1) is 18.5 Å². The van der Waals surface area contributed by atoms with Gasteiger partial charge in [-0.25, -0.2) is 0 Å². The lowest BCUT2D eigenvalue weighted by Gasteiger charge is -2.28. The summed E-state index contributed by atoms with van der Waals surface area (Å²) < 4.78 is 46.1. The summed E-state index contributed by atoms with van der Waals surface area (Å²) in [5.41, 5.74) is 2.57. The number of pyridine rings is 1. The SMILES string of the molecule is CCC(CNC)N(CC)CC.Cc1ccnc2ccc(NC(=O)CCOC3=CCC=C(OC(F)(F)F)C=C3)cc12. The molecule has 1 aliphatic rings. The van der Waals surface area contributed by atoms with Crippen LogP contribution < -0.4 is 10.6 Å². The molecule has 1 aromatic carbocycles. The van der Waals surface area contributed by atoms with Crippen LogP contribution in [0.4, 0.5) is 18.9 Å². The van der Waals surface area contributed by atoms with E-state index in [9.17, 15) is 18.0 Å². The van der Waals surface area contributed by atoms with Crippen molar-refractivity contribution in [2.75, 3.05) is 38.6 Å². The minimum Gasteiger partial charge on any atom is -0.493 e. The fraction of sp³-hybridized carbons (Fsp3) is 0.467. The number of amides is 1. The van der Waals surface area contributed by atoms with Crippen molar-refractivity contribution in [2.45, 2.75) is 59.4 Å². The second-order valence-electron chi connectivity index (χ2n) is 9.18. The molecule has 40 heavy (non-hydrogen) atoms. The van der Waals surface area contributed by atoms with E-state index in [1.165, 1.54) is 24.6 Å². The van der Waals surface area contributed by atoms with E-state index < -0.39 is 6.36 Å². The third-order valence-electron chi connectivity index (χ3n) is 6.36. The summed E-state index contributed by atoms with van der Waals surface area (Å²) in [7, 11) is 2.02. The Morgan fingerprint density at radius 2 is 1.80 bits per heavy atom. The average Bonchev–Trinajstić information content (AvgIpc) is 3.13. The molecule has 0 aliphatic heterocycles. The summed E-state index contributed by atoms with van der Waals surface area (Å²) in [6.45, 7) is 12.2. The molecule has 0 fully saturated rings. The lowest BCUT2D eigenvalue weighted by Crippen LogP contribution is -2.40. The number of anilines is 1. The van der Waals surface area contributed by atoms with Crippen LogP contribution in [0.25, 0.3) is 10.9 Å². The Balaban J connectivity index is 0.000000432. The van der Waals surface area contributed by atoms with E-state index in [4.69, 9.17) is 4.74 Å². The number of benzene rings is 1. The van der Waals surface area contributed by atoms with Gasteiger partial charge >= 0.3 is 6.36 Å². The molecule has 1 aliphatic carbocycles. The number of halogens is 3. The summed E-state index contributed by atoms with van der Waals surface area (Å²) in [5.74, 6) is -0.156. The van der Waals surface area contributed by atoms with Gasteiger partial charge in [0.25, 0.3) is 0 Å². The number of fused-ring (bicyclic) bond motifs is 1. The largest absolute Gasteiger partial charge is 0.573 e. The van der Waals surface area contributed by atoms with E-state index in [1.54, 1.807) is 18.3 Å². The first kappa shape index (κ1) is 32.8. The van der Waals surface area contributed by atoms with E-state index in [2.05, 4.69) is 46.0 Å². The number of hydrogen-bond acceptors (Lipinski definition) is 6. The Kier molecular flexibility index (Phi) is 13.7. The second-order valence-corrected chi connectivity index (χ2v) is 9.18. The van der Waals surface area contributed by atoms with Crippen molar-refractivity contribution in [3.63, 3.8) is 0 Å². The normalized spacial score (nSPS) is 14.0. The first-order valence-electron chi connectivity index (χ1n) is 13.6. The highest BCUT2D eigenvalue weighted by Crippen LogP contribution is 2.24. The zero-order valence-corrected chi connectivity index (χ0v) is 24.0. The third-order valence-corrected chi connectivity index (χ3v) is 6.36. The predicted molar refractivity (Wildman–Crippen MR) is 154 cm³/mol. The molecule has 3 rings (SSSR count). The number of carbonyl (C=O) groups excluding carboxylic acids is 1. The number of alkyl halides is 3. The standard InChI is InChI=1S/C21H19F3N2O3.C9H22N2/c1-14-9-11-25-19-8-5-15(13-18(14)19)26-20(27)10-12-28-16-3-2-4-17(7-6-16)29-21(22,23)24;1-5-9(8-10-4)11(6-2)7-3/h3-9,11,13H,2,10,12H2,1H3,(H,26,27);9-10H,5-8H2,1-4H3. The number of aromatic nitrogens is 1. The summed E-state index contributed by atoms with van der Waals surface area (Å²) in [6.07, 6.45) is 4.01. The maximum absolute atomic E-state index is 12.3. The van der Waals surface area contributed by atoms with Crippen molar-refractivity contribution in [3.05, 3.63) is 71.8 Å². The molecule has 0 spiro atoms. The number of likely N-dealkylation sites (N-methyl/N-ethyl adjacent to an activating group) is 2. The van der Waals surface area contributed by atoms with Crippen LogP contribution in [0.1, 0.15) is 45.6 Å². The van der Waals surface area contributed by atoms with Gasteiger partial charge in [0.2, 0.25) is 5.91 Å². The van der Waals surface area contributed by atoms with Crippen LogP contribution in [0.3, 0.4) is 0 Å².